The molecule has 0 aliphatic heterocycles. The number of rotatable bonds is 6. The van der Waals surface area contributed by atoms with Crippen molar-refractivity contribution in [3.63, 3.8) is 0 Å². The standard InChI is InChI=1S/C18H22N4O2/c1-4-21(5-2)11-7-8-15(3)24-18(23)16-9-6-10-17(12-16)22-14-19-13-20-22/h6,9-10,12-15H,4-5,11H2,1-3H3/t15-/m1/s1. The van der Waals surface area contributed by atoms with Gasteiger partial charge < -0.3 is 4.74 Å². The van der Waals surface area contributed by atoms with Gasteiger partial charge in [-0.25, -0.2) is 14.5 Å². The lowest BCUT2D eigenvalue weighted by Gasteiger charge is -2.13. The van der Waals surface area contributed by atoms with Crippen molar-refractivity contribution in [1.82, 2.24) is 19.7 Å². The Morgan fingerprint density at radius 3 is 2.83 bits per heavy atom. The molecule has 0 bridgehead atoms. The molecular formula is C18H22N4O2. The van der Waals surface area contributed by atoms with Gasteiger partial charge in [0.1, 0.15) is 12.7 Å². The molecule has 6 heteroatoms. The van der Waals surface area contributed by atoms with Gasteiger partial charge >= 0.3 is 5.97 Å². The van der Waals surface area contributed by atoms with Crippen molar-refractivity contribution in [3.05, 3.63) is 42.5 Å². The second-order valence-corrected chi connectivity index (χ2v) is 5.22. The number of hydrogen-bond donors (Lipinski definition) is 0. The third-order valence-electron chi connectivity index (χ3n) is 3.55. The summed E-state index contributed by atoms with van der Waals surface area (Å²) >= 11 is 0. The highest BCUT2D eigenvalue weighted by Crippen LogP contribution is 2.11. The Kier molecular flexibility index (Phi) is 6.52. The topological polar surface area (TPSA) is 60.2 Å². The number of carbonyl (C=O) groups is 1. The van der Waals surface area contributed by atoms with Crippen LogP contribution in [0.5, 0.6) is 0 Å². The Morgan fingerprint density at radius 1 is 1.38 bits per heavy atom. The van der Waals surface area contributed by atoms with Gasteiger partial charge in [0.2, 0.25) is 0 Å². The highest BCUT2D eigenvalue weighted by Gasteiger charge is 2.11. The Labute approximate surface area is 142 Å². The van der Waals surface area contributed by atoms with Crippen LogP contribution in [0.15, 0.2) is 36.9 Å². The molecular weight excluding hydrogens is 304 g/mol. The summed E-state index contributed by atoms with van der Waals surface area (Å²) in [7, 11) is 0. The molecule has 126 valence electrons. The van der Waals surface area contributed by atoms with Crippen molar-refractivity contribution < 1.29 is 9.53 Å². The summed E-state index contributed by atoms with van der Waals surface area (Å²) in [6.45, 7) is 8.54. The first-order valence-electron chi connectivity index (χ1n) is 8.00. The number of esters is 1. The lowest BCUT2D eigenvalue weighted by Crippen LogP contribution is -2.23. The van der Waals surface area contributed by atoms with Crippen molar-refractivity contribution >= 4 is 5.97 Å². The number of carbonyl (C=O) groups excluding carboxylic acids is 1. The molecule has 0 N–H and O–H groups in total. The highest BCUT2D eigenvalue weighted by molar-refractivity contribution is 5.90. The lowest BCUT2D eigenvalue weighted by molar-refractivity contribution is 0.0438. The van der Waals surface area contributed by atoms with E-state index in [1.165, 1.54) is 6.33 Å². The lowest BCUT2D eigenvalue weighted by atomic mass is 10.2. The van der Waals surface area contributed by atoms with Crippen molar-refractivity contribution in [1.29, 1.82) is 0 Å². The normalized spacial score (nSPS) is 11.7. The fourth-order valence-electron chi connectivity index (χ4n) is 2.12. The molecule has 0 saturated carbocycles. The van der Waals surface area contributed by atoms with Crippen LogP contribution in [0.25, 0.3) is 5.69 Å². The molecule has 1 atom stereocenters. The van der Waals surface area contributed by atoms with Crippen molar-refractivity contribution in [2.45, 2.75) is 26.9 Å². The maximum atomic E-state index is 12.2. The van der Waals surface area contributed by atoms with E-state index in [4.69, 9.17) is 4.74 Å². The third kappa shape index (κ3) is 4.93. The largest absolute Gasteiger partial charge is 0.446 e. The zero-order valence-corrected chi connectivity index (χ0v) is 14.3. The van der Waals surface area contributed by atoms with Gasteiger partial charge in [0.25, 0.3) is 0 Å². The van der Waals surface area contributed by atoms with E-state index in [0.29, 0.717) is 12.1 Å². The molecule has 1 heterocycles. The molecule has 0 spiro atoms. The van der Waals surface area contributed by atoms with E-state index in [1.54, 1.807) is 36.1 Å². The molecule has 0 unspecified atom stereocenters. The van der Waals surface area contributed by atoms with E-state index >= 15 is 0 Å². The molecule has 2 rings (SSSR count). The van der Waals surface area contributed by atoms with E-state index in [1.807, 2.05) is 6.07 Å². The van der Waals surface area contributed by atoms with Gasteiger partial charge in [-0.2, -0.15) is 5.10 Å². The van der Waals surface area contributed by atoms with E-state index in [0.717, 1.165) is 18.8 Å². The predicted molar refractivity (Wildman–Crippen MR) is 91.8 cm³/mol. The minimum atomic E-state index is -0.455. The molecule has 0 radical (unpaired) electrons. The number of hydrogen-bond acceptors (Lipinski definition) is 5. The fraction of sp³-hybridized carbons (Fsp3) is 0.389. The Bertz CT molecular complexity index is 712. The zero-order valence-electron chi connectivity index (χ0n) is 14.3. The average molecular weight is 326 g/mol. The Balaban J connectivity index is 1.97. The molecule has 1 aromatic carbocycles. The van der Waals surface area contributed by atoms with Crippen LogP contribution < -0.4 is 0 Å². The summed E-state index contributed by atoms with van der Waals surface area (Å²) in [4.78, 5) is 18.3. The molecule has 0 saturated heterocycles. The van der Waals surface area contributed by atoms with Crippen LogP contribution in [0.3, 0.4) is 0 Å². The molecule has 1 aromatic heterocycles. The van der Waals surface area contributed by atoms with Gasteiger partial charge in [0.15, 0.2) is 6.10 Å². The second kappa shape index (κ2) is 8.85. The van der Waals surface area contributed by atoms with Crippen LogP contribution in [0, 0.1) is 11.8 Å². The first kappa shape index (κ1) is 17.7. The number of nitrogens with zero attached hydrogens (tertiary/aromatic N) is 4. The van der Waals surface area contributed by atoms with Gasteiger partial charge in [-0.15, -0.1) is 0 Å². The smallest absolute Gasteiger partial charge is 0.339 e. The summed E-state index contributed by atoms with van der Waals surface area (Å²) in [5.74, 6) is 5.61. The highest BCUT2D eigenvalue weighted by atomic mass is 16.5. The molecule has 6 nitrogen and oxygen atoms in total. The molecule has 24 heavy (non-hydrogen) atoms. The SMILES string of the molecule is CCN(CC)CC#C[C@@H](C)OC(=O)c1cccc(-n2cncn2)c1. The summed E-state index contributed by atoms with van der Waals surface area (Å²) in [5, 5.41) is 4.05. The Morgan fingerprint density at radius 2 is 2.17 bits per heavy atom. The number of aromatic nitrogens is 3. The van der Waals surface area contributed by atoms with Gasteiger partial charge in [-0.1, -0.05) is 31.8 Å². The summed E-state index contributed by atoms with van der Waals surface area (Å²) in [6, 6.07) is 7.05. The minimum Gasteiger partial charge on any atom is -0.446 e. The fourth-order valence-corrected chi connectivity index (χ4v) is 2.12. The van der Waals surface area contributed by atoms with Gasteiger partial charge in [0.05, 0.1) is 17.8 Å². The van der Waals surface area contributed by atoms with Crippen LogP contribution in [0.2, 0.25) is 0 Å². The number of ether oxygens (including phenoxy) is 1. The van der Waals surface area contributed by atoms with Crippen LogP contribution >= 0.6 is 0 Å². The second-order valence-electron chi connectivity index (χ2n) is 5.22. The monoisotopic (exact) mass is 326 g/mol. The van der Waals surface area contributed by atoms with Crippen molar-refractivity contribution in [2.24, 2.45) is 0 Å². The van der Waals surface area contributed by atoms with Crippen LogP contribution in [-0.4, -0.2) is 51.4 Å². The van der Waals surface area contributed by atoms with E-state index in [2.05, 4.69) is 40.7 Å². The van der Waals surface area contributed by atoms with Crippen molar-refractivity contribution in [2.75, 3.05) is 19.6 Å². The van der Waals surface area contributed by atoms with Gasteiger partial charge in [0, 0.05) is 0 Å². The maximum absolute atomic E-state index is 12.2. The Hall–Kier alpha value is -2.65. The van der Waals surface area contributed by atoms with E-state index < -0.39 is 12.1 Å². The van der Waals surface area contributed by atoms with Crippen molar-refractivity contribution in [3.8, 4) is 17.5 Å². The van der Waals surface area contributed by atoms with Gasteiger partial charge in [-0.3, -0.25) is 4.90 Å². The first-order chi connectivity index (χ1) is 11.6. The van der Waals surface area contributed by atoms with E-state index in [-0.39, 0.29) is 0 Å². The van der Waals surface area contributed by atoms with Crippen LogP contribution in [-0.2, 0) is 4.74 Å². The first-order valence-corrected chi connectivity index (χ1v) is 8.00. The molecule has 0 aliphatic rings. The van der Waals surface area contributed by atoms with Crippen LogP contribution in [0.4, 0.5) is 0 Å². The average Bonchev–Trinajstić information content (AvgIpc) is 3.13. The summed E-state index contributed by atoms with van der Waals surface area (Å²) in [5.41, 5.74) is 1.21. The minimum absolute atomic E-state index is 0.401. The third-order valence-corrected chi connectivity index (χ3v) is 3.55. The predicted octanol–water partition coefficient (Wildman–Crippen LogP) is 2.16. The molecule has 0 fully saturated rings. The van der Waals surface area contributed by atoms with E-state index in [9.17, 15) is 4.79 Å². The molecule has 0 aliphatic carbocycles. The maximum Gasteiger partial charge on any atom is 0.339 e. The number of benzene rings is 1. The van der Waals surface area contributed by atoms with Crippen LogP contribution in [0.1, 0.15) is 31.1 Å². The zero-order chi connectivity index (χ0) is 17.4. The quantitative estimate of drug-likeness (QED) is 0.601. The summed E-state index contributed by atoms with van der Waals surface area (Å²) in [6.07, 6.45) is 2.56. The molecule has 0 amide bonds. The van der Waals surface area contributed by atoms with Gasteiger partial charge in [-0.05, 0) is 38.2 Å². The summed E-state index contributed by atoms with van der Waals surface area (Å²) < 4.78 is 6.97. The molecule has 2 aromatic rings.